The van der Waals surface area contributed by atoms with E-state index in [1.807, 2.05) is 0 Å². The van der Waals surface area contributed by atoms with Gasteiger partial charge in [-0.05, 0) is 6.42 Å². The highest BCUT2D eigenvalue weighted by molar-refractivity contribution is 5.11. The van der Waals surface area contributed by atoms with Crippen LogP contribution in [0.3, 0.4) is 0 Å². The Morgan fingerprint density at radius 2 is 0.957 bits per heavy atom. The Morgan fingerprint density at radius 1 is 0.652 bits per heavy atom. The molecule has 0 saturated heterocycles. The molecule has 0 saturated carbocycles. The molecule has 0 aliphatic carbocycles. The smallest absolute Gasteiger partial charge is 0.335 e. The minimum absolute atomic E-state index is 0.424. The Labute approximate surface area is 119 Å². The van der Waals surface area contributed by atoms with Gasteiger partial charge in [0, 0.05) is 0 Å². The van der Waals surface area contributed by atoms with Gasteiger partial charge < -0.3 is 10.2 Å². The van der Waals surface area contributed by atoms with Gasteiger partial charge in [-0.15, -0.1) is 0 Å². The van der Waals surface area contributed by atoms with Crippen LogP contribution in [-0.2, 0) is 0 Å². The van der Waals surface area contributed by atoms with Gasteiger partial charge in [-0.2, -0.15) is 48.3 Å². The van der Waals surface area contributed by atoms with Crippen molar-refractivity contribution in [3.05, 3.63) is 0 Å². The summed E-state index contributed by atoms with van der Waals surface area (Å²) in [6.45, 7) is 0.424. The molecule has 14 heteroatoms. The number of aliphatic hydroxyl groups is 2. The van der Waals surface area contributed by atoms with E-state index in [4.69, 9.17) is 10.2 Å². The zero-order chi connectivity index (χ0) is 19.3. The van der Waals surface area contributed by atoms with Crippen molar-refractivity contribution in [2.24, 2.45) is 0 Å². The van der Waals surface area contributed by atoms with Crippen LogP contribution in [0.4, 0.5) is 52.7 Å². The van der Waals surface area contributed by atoms with Crippen molar-refractivity contribution in [1.82, 2.24) is 0 Å². The topological polar surface area (TPSA) is 40.5 Å². The van der Waals surface area contributed by atoms with Gasteiger partial charge in [-0.25, -0.2) is 4.39 Å². The molecule has 2 N–H and O–H groups in total. The second-order valence-corrected chi connectivity index (χ2v) is 4.38. The normalized spacial score (nSPS) is 17.3. The van der Waals surface area contributed by atoms with Gasteiger partial charge in [0.15, 0.2) is 6.17 Å². The summed E-state index contributed by atoms with van der Waals surface area (Å²) < 4.78 is 154. The summed E-state index contributed by atoms with van der Waals surface area (Å²) in [6, 6.07) is -6.47. The van der Waals surface area contributed by atoms with Gasteiger partial charge in [-0.1, -0.05) is 6.92 Å². The van der Waals surface area contributed by atoms with Crippen molar-refractivity contribution in [3.8, 4) is 0 Å². The number of rotatable bonds is 7. The Hall–Kier alpha value is -0.920. The average Bonchev–Trinajstić information content (AvgIpc) is 2.35. The fourth-order valence-electron chi connectivity index (χ4n) is 1.26. The van der Waals surface area contributed by atoms with E-state index in [1.165, 1.54) is 0 Å². The predicted octanol–water partition coefficient (Wildman–Crippen LogP) is 3.52. The molecule has 1 atom stereocenters. The third kappa shape index (κ3) is 2.83. The van der Waals surface area contributed by atoms with Crippen molar-refractivity contribution in [2.75, 3.05) is 0 Å². The SMILES string of the molecule is CCC(F)C(F)(F)C(F)(F)C(F)(F)C(F)(F)C(F)(F)C(O)(O)F. The standard InChI is InChI=1S/C9H8F12O2/c1-2-3(10)4(11,12)5(13,14)6(15,16)7(17,18)8(19,20)9(21,22)23/h3,22-23H,2H2,1H3. The maximum Gasteiger partial charge on any atom is 0.400 e. The van der Waals surface area contributed by atoms with Gasteiger partial charge in [0.2, 0.25) is 0 Å². The van der Waals surface area contributed by atoms with E-state index in [1.54, 1.807) is 0 Å². The molecule has 0 fully saturated rings. The molecule has 23 heavy (non-hydrogen) atoms. The van der Waals surface area contributed by atoms with E-state index in [9.17, 15) is 52.7 Å². The van der Waals surface area contributed by atoms with E-state index < -0.39 is 48.2 Å². The van der Waals surface area contributed by atoms with E-state index in [2.05, 4.69) is 0 Å². The second kappa shape index (κ2) is 5.57. The summed E-state index contributed by atoms with van der Waals surface area (Å²) in [5, 5.41) is 15.4. The molecule has 2 nitrogen and oxygen atoms in total. The summed E-state index contributed by atoms with van der Waals surface area (Å²) in [5.41, 5.74) is 0. The number of halogens is 12. The number of hydrogen-bond acceptors (Lipinski definition) is 2. The summed E-state index contributed by atoms with van der Waals surface area (Å²) in [4.78, 5) is 0. The molecular weight excluding hydrogens is 368 g/mol. The molecule has 0 bridgehead atoms. The molecular formula is C9H8F12O2. The Bertz CT molecular complexity index is 427. The third-order valence-electron chi connectivity index (χ3n) is 2.75. The molecule has 0 rings (SSSR count). The largest absolute Gasteiger partial charge is 0.400 e. The highest BCUT2D eigenvalue weighted by Crippen LogP contribution is 2.59. The molecule has 0 aromatic rings. The lowest BCUT2D eigenvalue weighted by Gasteiger charge is -2.41. The van der Waals surface area contributed by atoms with Gasteiger partial charge in [-0.3, -0.25) is 0 Å². The van der Waals surface area contributed by atoms with Crippen LogP contribution in [0.5, 0.6) is 0 Å². The van der Waals surface area contributed by atoms with Crippen LogP contribution in [0.1, 0.15) is 13.3 Å². The van der Waals surface area contributed by atoms with Gasteiger partial charge in [0.25, 0.3) is 0 Å². The summed E-state index contributed by atoms with van der Waals surface area (Å²) >= 11 is 0. The molecule has 0 aliphatic rings. The van der Waals surface area contributed by atoms with Crippen LogP contribution in [0.2, 0.25) is 0 Å². The maximum atomic E-state index is 13.0. The van der Waals surface area contributed by atoms with Crippen molar-refractivity contribution in [3.63, 3.8) is 0 Å². The minimum atomic E-state index is -7.77. The summed E-state index contributed by atoms with van der Waals surface area (Å²) in [5.74, 6) is -36.8. The molecule has 0 amide bonds. The summed E-state index contributed by atoms with van der Waals surface area (Å²) in [6.07, 6.45) is -5.74. The van der Waals surface area contributed by atoms with Crippen LogP contribution in [0, 0.1) is 0 Å². The molecule has 0 heterocycles. The predicted molar refractivity (Wildman–Crippen MR) is 48.2 cm³/mol. The lowest BCUT2D eigenvalue weighted by Crippen LogP contribution is -2.72. The third-order valence-corrected chi connectivity index (χ3v) is 2.75. The Balaban J connectivity index is 6.25. The minimum Gasteiger partial charge on any atom is -0.335 e. The first-order valence-corrected chi connectivity index (χ1v) is 5.40. The zero-order valence-electron chi connectivity index (χ0n) is 10.7. The second-order valence-electron chi connectivity index (χ2n) is 4.38. The lowest BCUT2D eigenvalue weighted by atomic mass is 9.91. The number of alkyl halides is 12. The molecule has 0 radical (unpaired) electrons. The Morgan fingerprint density at radius 3 is 1.22 bits per heavy atom. The first-order valence-electron chi connectivity index (χ1n) is 5.40. The van der Waals surface area contributed by atoms with Gasteiger partial charge in [0.05, 0.1) is 0 Å². The molecule has 0 aliphatic heterocycles. The van der Waals surface area contributed by atoms with Crippen LogP contribution in [0.15, 0.2) is 0 Å². The zero-order valence-corrected chi connectivity index (χ0v) is 10.7. The quantitative estimate of drug-likeness (QED) is 0.528. The first kappa shape index (κ1) is 22.1. The number of hydrogen-bond donors (Lipinski definition) is 2. The van der Waals surface area contributed by atoms with Crippen molar-refractivity contribution < 1.29 is 62.9 Å². The van der Waals surface area contributed by atoms with Crippen LogP contribution in [-0.4, -0.2) is 52.0 Å². The fraction of sp³-hybridized carbons (Fsp3) is 1.00. The first-order chi connectivity index (χ1) is 9.73. The molecule has 0 spiro atoms. The van der Waals surface area contributed by atoms with E-state index in [0.29, 0.717) is 6.92 Å². The molecule has 0 aromatic carbocycles. The van der Waals surface area contributed by atoms with Crippen LogP contribution >= 0.6 is 0 Å². The lowest BCUT2D eigenvalue weighted by molar-refractivity contribution is -0.468. The van der Waals surface area contributed by atoms with E-state index in [0.717, 1.165) is 0 Å². The van der Waals surface area contributed by atoms with Crippen LogP contribution < -0.4 is 0 Å². The molecule has 140 valence electrons. The molecule has 0 aromatic heterocycles. The maximum absolute atomic E-state index is 13.0. The van der Waals surface area contributed by atoms with E-state index >= 15 is 0 Å². The van der Waals surface area contributed by atoms with E-state index in [-0.39, 0.29) is 0 Å². The fourth-order valence-corrected chi connectivity index (χ4v) is 1.26. The van der Waals surface area contributed by atoms with Crippen molar-refractivity contribution in [2.45, 2.75) is 55.2 Å². The van der Waals surface area contributed by atoms with Gasteiger partial charge in [0.1, 0.15) is 0 Å². The monoisotopic (exact) mass is 376 g/mol. The Kier molecular flexibility index (Phi) is 5.34. The van der Waals surface area contributed by atoms with Crippen LogP contribution in [0.25, 0.3) is 0 Å². The highest BCUT2D eigenvalue weighted by Gasteiger charge is 2.90. The highest BCUT2D eigenvalue weighted by atomic mass is 19.4. The van der Waals surface area contributed by atoms with Crippen molar-refractivity contribution >= 4 is 0 Å². The average molecular weight is 376 g/mol. The van der Waals surface area contributed by atoms with Crippen molar-refractivity contribution in [1.29, 1.82) is 0 Å². The molecule has 1 unspecified atom stereocenters. The van der Waals surface area contributed by atoms with Gasteiger partial charge >= 0.3 is 35.7 Å². The summed E-state index contributed by atoms with van der Waals surface area (Å²) in [7, 11) is 0.